The standard InChI is InChI=1S/C30H37N5O3S/c1-21(2)18-35(29(38)24-11-9-22(3)10-12-24)19-27(36)32-30-31-25(20-39-30)17-28(37)34-15-13-33(14-16-34)26-8-6-5-7-23(26)4/h5-12,20-21H,13-19H2,1-4H3,(H,31,32,36). The second-order valence-corrected chi connectivity index (χ2v) is 11.3. The molecule has 1 aliphatic rings. The molecule has 3 amide bonds. The molecule has 9 heteroatoms. The zero-order valence-corrected chi connectivity index (χ0v) is 24.0. The first-order chi connectivity index (χ1) is 18.7. The number of anilines is 2. The number of nitrogens with zero attached hydrogens (tertiary/aromatic N) is 4. The Kier molecular flexibility index (Phi) is 9.35. The smallest absolute Gasteiger partial charge is 0.254 e. The van der Waals surface area contributed by atoms with E-state index in [4.69, 9.17) is 0 Å². The fourth-order valence-electron chi connectivity index (χ4n) is 4.70. The number of carbonyl (C=O) groups is 3. The van der Waals surface area contributed by atoms with E-state index < -0.39 is 0 Å². The molecule has 0 radical (unpaired) electrons. The van der Waals surface area contributed by atoms with Crippen LogP contribution in [0.2, 0.25) is 0 Å². The number of nitrogens with one attached hydrogen (secondary N) is 1. The lowest BCUT2D eigenvalue weighted by Crippen LogP contribution is -2.49. The van der Waals surface area contributed by atoms with E-state index in [1.165, 1.54) is 22.6 Å². The lowest BCUT2D eigenvalue weighted by atomic mass is 10.1. The molecular formula is C30H37N5O3S. The van der Waals surface area contributed by atoms with Gasteiger partial charge in [-0.1, -0.05) is 49.7 Å². The minimum absolute atomic E-state index is 0.0365. The largest absolute Gasteiger partial charge is 0.368 e. The molecule has 0 bridgehead atoms. The molecule has 206 valence electrons. The van der Waals surface area contributed by atoms with Gasteiger partial charge in [-0.25, -0.2) is 4.98 Å². The van der Waals surface area contributed by atoms with Crippen molar-refractivity contribution < 1.29 is 14.4 Å². The monoisotopic (exact) mass is 547 g/mol. The summed E-state index contributed by atoms with van der Waals surface area (Å²) in [5, 5.41) is 5.04. The zero-order chi connectivity index (χ0) is 27.9. The van der Waals surface area contributed by atoms with Gasteiger partial charge in [0.05, 0.1) is 12.1 Å². The van der Waals surface area contributed by atoms with Crippen LogP contribution >= 0.6 is 11.3 Å². The van der Waals surface area contributed by atoms with Crippen molar-refractivity contribution in [2.75, 3.05) is 49.5 Å². The highest BCUT2D eigenvalue weighted by molar-refractivity contribution is 7.13. The SMILES string of the molecule is Cc1ccc(C(=O)N(CC(=O)Nc2nc(CC(=O)N3CCN(c4ccccc4C)CC3)cs2)CC(C)C)cc1. The average molecular weight is 548 g/mol. The van der Waals surface area contributed by atoms with Crippen LogP contribution in [0.1, 0.15) is 41.0 Å². The van der Waals surface area contributed by atoms with E-state index in [1.54, 1.807) is 22.4 Å². The van der Waals surface area contributed by atoms with Crippen LogP contribution < -0.4 is 10.2 Å². The van der Waals surface area contributed by atoms with Crippen LogP contribution in [0, 0.1) is 19.8 Å². The minimum atomic E-state index is -0.310. The number of thiazole rings is 1. The highest BCUT2D eigenvalue weighted by atomic mass is 32.1. The van der Waals surface area contributed by atoms with Crippen LogP contribution in [0.25, 0.3) is 0 Å². The summed E-state index contributed by atoms with van der Waals surface area (Å²) in [6, 6.07) is 15.7. The normalized spacial score (nSPS) is 13.5. The van der Waals surface area contributed by atoms with Gasteiger partial charge in [-0.05, 0) is 43.5 Å². The van der Waals surface area contributed by atoms with E-state index in [-0.39, 0.29) is 36.6 Å². The van der Waals surface area contributed by atoms with Crippen LogP contribution in [-0.4, -0.2) is 71.8 Å². The number of para-hydroxylation sites is 1. The number of piperazine rings is 1. The van der Waals surface area contributed by atoms with E-state index in [1.807, 2.05) is 49.9 Å². The number of carbonyl (C=O) groups excluding carboxylic acids is 3. The van der Waals surface area contributed by atoms with E-state index >= 15 is 0 Å². The van der Waals surface area contributed by atoms with Crippen molar-refractivity contribution in [2.45, 2.75) is 34.1 Å². The summed E-state index contributed by atoms with van der Waals surface area (Å²) < 4.78 is 0. The van der Waals surface area contributed by atoms with Crippen LogP contribution in [0.4, 0.5) is 10.8 Å². The van der Waals surface area contributed by atoms with Gasteiger partial charge in [0.1, 0.15) is 6.54 Å². The van der Waals surface area contributed by atoms with Crippen molar-refractivity contribution >= 4 is 39.9 Å². The van der Waals surface area contributed by atoms with Crippen molar-refractivity contribution in [1.29, 1.82) is 0 Å². The summed E-state index contributed by atoms with van der Waals surface area (Å²) in [4.78, 5) is 49.1. The Balaban J connectivity index is 1.29. The Morgan fingerprint density at radius 2 is 1.69 bits per heavy atom. The van der Waals surface area contributed by atoms with Gasteiger partial charge in [0.15, 0.2) is 5.13 Å². The summed E-state index contributed by atoms with van der Waals surface area (Å²) in [6.07, 6.45) is 0.197. The minimum Gasteiger partial charge on any atom is -0.368 e. The van der Waals surface area contributed by atoms with E-state index in [0.29, 0.717) is 36.0 Å². The summed E-state index contributed by atoms with van der Waals surface area (Å²) in [5.41, 5.74) is 4.72. The molecule has 8 nitrogen and oxygen atoms in total. The van der Waals surface area contributed by atoms with Gasteiger partial charge >= 0.3 is 0 Å². The maximum absolute atomic E-state index is 13.1. The fraction of sp³-hybridized carbons (Fsp3) is 0.400. The highest BCUT2D eigenvalue weighted by Crippen LogP contribution is 2.22. The third-order valence-corrected chi connectivity index (χ3v) is 7.53. The maximum Gasteiger partial charge on any atom is 0.254 e. The van der Waals surface area contributed by atoms with Gasteiger partial charge in [0.2, 0.25) is 11.8 Å². The molecule has 0 unspecified atom stereocenters. The zero-order valence-electron chi connectivity index (χ0n) is 23.1. The summed E-state index contributed by atoms with van der Waals surface area (Å²) in [7, 11) is 0. The van der Waals surface area contributed by atoms with Crippen LogP contribution in [0.3, 0.4) is 0 Å². The van der Waals surface area contributed by atoms with Crippen molar-refractivity contribution in [3.05, 3.63) is 76.3 Å². The Hall–Kier alpha value is -3.72. The number of benzene rings is 2. The van der Waals surface area contributed by atoms with Gasteiger partial charge in [0.25, 0.3) is 5.91 Å². The molecule has 2 aromatic carbocycles. The molecule has 1 fully saturated rings. The molecule has 0 spiro atoms. The molecular weight excluding hydrogens is 510 g/mol. The molecule has 1 N–H and O–H groups in total. The van der Waals surface area contributed by atoms with Crippen molar-refractivity contribution in [1.82, 2.24) is 14.8 Å². The van der Waals surface area contributed by atoms with Gasteiger partial charge in [-0.15, -0.1) is 11.3 Å². The quantitative estimate of drug-likeness (QED) is 0.430. The topological polar surface area (TPSA) is 85.8 Å². The van der Waals surface area contributed by atoms with E-state index in [0.717, 1.165) is 18.7 Å². The highest BCUT2D eigenvalue weighted by Gasteiger charge is 2.24. The van der Waals surface area contributed by atoms with Gasteiger partial charge < -0.3 is 20.0 Å². The molecule has 0 atom stereocenters. The fourth-order valence-corrected chi connectivity index (χ4v) is 5.42. The Labute approximate surface area is 234 Å². The van der Waals surface area contributed by atoms with Crippen molar-refractivity contribution in [3.63, 3.8) is 0 Å². The number of hydrogen-bond donors (Lipinski definition) is 1. The maximum atomic E-state index is 13.1. The van der Waals surface area contributed by atoms with Gasteiger partial charge in [-0.3, -0.25) is 14.4 Å². The molecule has 1 aromatic heterocycles. The average Bonchev–Trinajstić information content (AvgIpc) is 3.34. The molecule has 2 heterocycles. The summed E-state index contributed by atoms with van der Waals surface area (Å²) in [5.74, 6) is -0.236. The number of aromatic nitrogens is 1. The first kappa shape index (κ1) is 28.3. The van der Waals surface area contributed by atoms with Gasteiger partial charge in [-0.2, -0.15) is 0 Å². The number of amides is 3. The molecule has 39 heavy (non-hydrogen) atoms. The predicted molar refractivity (Wildman–Crippen MR) is 156 cm³/mol. The molecule has 3 aromatic rings. The van der Waals surface area contributed by atoms with E-state index in [2.05, 4.69) is 34.3 Å². The van der Waals surface area contributed by atoms with Crippen LogP contribution in [0.15, 0.2) is 53.9 Å². The number of rotatable bonds is 9. The van der Waals surface area contributed by atoms with Crippen LogP contribution in [0.5, 0.6) is 0 Å². The molecule has 1 saturated heterocycles. The lowest BCUT2D eigenvalue weighted by Gasteiger charge is -2.36. The third kappa shape index (κ3) is 7.66. The number of aryl methyl sites for hydroxylation is 2. The van der Waals surface area contributed by atoms with Crippen LogP contribution in [-0.2, 0) is 16.0 Å². The molecule has 1 aliphatic heterocycles. The second kappa shape index (κ2) is 12.9. The molecule has 0 aliphatic carbocycles. The Bertz CT molecular complexity index is 1300. The third-order valence-electron chi connectivity index (χ3n) is 6.72. The Morgan fingerprint density at radius 1 is 1.00 bits per heavy atom. The first-order valence-electron chi connectivity index (χ1n) is 13.4. The molecule has 4 rings (SSSR count). The van der Waals surface area contributed by atoms with E-state index in [9.17, 15) is 14.4 Å². The summed E-state index contributed by atoms with van der Waals surface area (Å²) in [6.45, 7) is 11.4. The molecule has 0 saturated carbocycles. The second-order valence-electron chi connectivity index (χ2n) is 10.5. The summed E-state index contributed by atoms with van der Waals surface area (Å²) >= 11 is 1.29. The lowest BCUT2D eigenvalue weighted by molar-refractivity contribution is -0.130. The van der Waals surface area contributed by atoms with Crippen molar-refractivity contribution in [2.24, 2.45) is 5.92 Å². The van der Waals surface area contributed by atoms with Gasteiger partial charge in [0, 0.05) is 49.4 Å². The number of hydrogen-bond acceptors (Lipinski definition) is 6. The predicted octanol–water partition coefficient (Wildman–Crippen LogP) is 4.39. The first-order valence-corrected chi connectivity index (χ1v) is 14.3. The Morgan fingerprint density at radius 3 is 2.36 bits per heavy atom. The van der Waals surface area contributed by atoms with Crippen molar-refractivity contribution in [3.8, 4) is 0 Å².